The Balaban J connectivity index is 1.69. The first-order valence-electron chi connectivity index (χ1n) is 7.76. The highest BCUT2D eigenvalue weighted by molar-refractivity contribution is 9.10. The van der Waals surface area contributed by atoms with Gasteiger partial charge in [-0.25, -0.2) is 0 Å². The van der Waals surface area contributed by atoms with E-state index in [1.165, 1.54) is 44.3 Å². The van der Waals surface area contributed by atoms with E-state index < -0.39 is 0 Å². The van der Waals surface area contributed by atoms with Gasteiger partial charge in [-0.05, 0) is 47.8 Å². The van der Waals surface area contributed by atoms with Gasteiger partial charge in [0.15, 0.2) is 0 Å². The van der Waals surface area contributed by atoms with Crippen LogP contribution in [0.1, 0.15) is 44.7 Å². The zero-order valence-electron chi connectivity index (χ0n) is 12.2. The molecule has 0 amide bonds. The van der Waals surface area contributed by atoms with Crippen molar-refractivity contribution in [1.82, 2.24) is 15.2 Å². The molecular formula is C16H24BrN3. The van der Waals surface area contributed by atoms with Gasteiger partial charge in [0, 0.05) is 41.9 Å². The number of nitrogens with zero attached hydrogens (tertiary/aromatic N) is 2. The summed E-state index contributed by atoms with van der Waals surface area (Å²) in [6, 6.07) is 4.81. The Morgan fingerprint density at radius 2 is 2.15 bits per heavy atom. The molecule has 1 saturated carbocycles. The molecule has 2 aliphatic rings. The Morgan fingerprint density at radius 3 is 2.85 bits per heavy atom. The molecule has 4 heteroatoms. The topological polar surface area (TPSA) is 28.2 Å². The molecule has 20 heavy (non-hydrogen) atoms. The van der Waals surface area contributed by atoms with Crippen molar-refractivity contribution in [1.29, 1.82) is 0 Å². The third kappa shape index (κ3) is 3.23. The van der Waals surface area contributed by atoms with E-state index in [9.17, 15) is 0 Å². The van der Waals surface area contributed by atoms with Crippen molar-refractivity contribution in [3.8, 4) is 0 Å². The van der Waals surface area contributed by atoms with Gasteiger partial charge in [-0.3, -0.25) is 9.88 Å². The largest absolute Gasteiger partial charge is 0.308 e. The molecule has 1 N–H and O–H groups in total. The molecule has 1 aliphatic carbocycles. The lowest BCUT2D eigenvalue weighted by atomic mass is 9.79. The maximum atomic E-state index is 4.53. The lowest BCUT2D eigenvalue weighted by molar-refractivity contribution is 0.0564. The lowest BCUT2D eigenvalue weighted by Crippen LogP contribution is -2.63. The molecular weight excluding hydrogens is 314 g/mol. The number of nitrogens with one attached hydrogen (secondary N) is 1. The molecule has 1 aliphatic heterocycles. The number of halogens is 1. The maximum Gasteiger partial charge on any atom is 0.0544 e. The molecule has 3 rings (SSSR count). The number of hydrogen-bond acceptors (Lipinski definition) is 3. The molecule has 1 saturated heterocycles. The highest BCUT2D eigenvalue weighted by Gasteiger charge is 2.38. The van der Waals surface area contributed by atoms with Crippen molar-refractivity contribution in [2.24, 2.45) is 0 Å². The van der Waals surface area contributed by atoms with E-state index in [1.54, 1.807) is 0 Å². The third-order valence-electron chi connectivity index (χ3n) is 4.87. The number of aromatic nitrogens is 1. The fourth-order valence-corrected chi connectivity index (χ4v) is 3.81. The van der Waals surface area contributed by atoms with Crippen molar-refractivity contribution >= 4 is 15.9 Å². The normalized spacial score (nSPS) is 26.8. The fraction of sp³-hybridized carbons (Fsp3) is 0.688. The summed E-state index contributed by atoms with van der Waals surface area (Å²) in [5.74, 6) is 0. The third-order valence-corrected chi connectivity index (χ3v) is 5.34. The molecule has 1 aromatic heterocycles. The van der Waals surface area contributed by atoms with E-state index >= 15 is 0 Å². The molecule has 2 fully saturated rings. The zero-order chi connectivity index (χ0) is 14.0. The summed E-state index contributed by atoms with van der Waals surface area (Å²) in [6.45, 7) is 5.57. The van der Waals surface area contributed by atoms with Crippen molar-refractivity contribution in [3.05, 3.63) is 28.5 Å². The van der Waals surface area contributed by atoms with Gasteiger partial charge in [-0.15, -0.1) is 0 Å². The van der Waals surface area contributed by atoms with Crippen LogP contribution in [0.5, 0.6) is 0 Å². The van der Waals surface area contributed by atoms with Crippen molar-refractivity contribution in [2.45, 2.75) is 57.2 Å². The molecule has 1 aromatic rings. The fourth-order valence-electron chi connectivity index (χ4n) is 3.58. The van der Waals surface area contributed by atoms with E-state index in [2.05, 4.69) is 50.2 Å². The van der Waals surface area contributed by atoms with Crippen LogP contribution in [0.2, 0.25) is 0 Å². The van der Waals surface area contributed by atoms with Crippen LogP contribution in [-0.4, -0.2) is 34.6 Å². The summed E-state index contributed by atoms with van der Waals surface area (Å²) < 4.78 is 1.05. The van der Waals surface area contributed by atoms with Crippen LogP contribution in [-0.2, 0) is 6.54 Å². The van der Waals surface area contributed by atoms with Crippen molar-refractivity contribution < 1.29 is 0 Å². The SMILES string of the molecule is CC1CNC2(CCCCC2)CN1Cc1ccc(Br)cn1. The Bertz CT molecular complexity index is 440. The van der Waals surface area contributed by atoms with Gasteiger partial charge in [0.25, 0.3) is 0 Å². The highest BCUT2D eigenvalue weighted by atomic mass is 79.9. The number of piperazine rings is 1. The van der Waals surface area contributed by atoms with Crippen LogP contribution >= 0.6 is 15.9 Å². The monoisotopic (exact) mass is 337 g/mol. The van der Waals surface area contributed by atoms with Crippen molar-refractivity contribution in [2.75, 3.05) is 13.1 Å². The second-order valence-electron chi connectivity index (χ2n) is 6.44. The predicted molar refractivity (Wildman–Crippen MR) is 85.6 cm³/mol. The van der Waals surface area contributed by atoms with Gasteiger partial charge >= 0.3 is 0 Å². The first kappa shape index (κ1) is 14.5. The Morgan fingerprint density at radius 1 is 1.35 bits per heavy atom. The summed E-state index contributed by atoms with van der Waals surface area (Å²) in [5.41, 5.74) is 1.55. The average Bonchev–Trinajstić information content (AvgIpc) is 2.47. The molecule has 3 nitrogen and oxygen atoms in total. The smallest absolute Gasteiger partial charge is 0.0544 e. The molecule has 0 radical (unpaired) electrons. The summed E-state index contributed by atoms with van der Waals surface area (Å²) in [6.07, 6.45) is 8.75. The van der Waals surface area contributed by atoms with Gasteiger partial charge < -0.3 is 5.32 Å². The number of rotatable bonds is 2. The van der Waals surface area contributed by atoms with Crippen LogP contribution in [0, 0.1) is 0 Å². The highest BCUT2D eigenvalue weighted by Crippen LogP contribution is 2.32. The standard InChI is InChI=1S/C16H24BrN3/c1-13-9-19-16(7-3-2-4-8-16)12-20(13)11-15-6-5-14(17)10-18-15/h5-6,10,13,19H,2-4,7-9,11-12H2,1H3. The Labute approximate surface area is 130 Å². The van der Waals surface area contributed by atoms with Gasteiger partial charge in [0.05, 0.1) is 5.69 Å². The summed E-state index contributed by atoms with van der Waals surface area (Å²) in [5, 5.41) is 3.84. The zero-order valence-corrected chi connectivity index (χ0v) is 13.8. The predicted octanol–water partition coefficient (Wildman–Crippen LogP) is 3.34. The molecule has 1 atom stereocenters. The van der Waals surface area contributed by atoms with Gasteiger partial charge in [0.1, 0.15) is 0 Å². The second-order valence-corrected chi connectivity index (χ2v) is 7.36. The first-order valence-corrected chi connectivity index (χ1v) is 8.56. The summed E-state index contributed by atoms with van der Waals surface area (Å²) >= 11 is 3.45. The minimum absolute atomic E-state index is 0.375. The van der Waals surface area contributed by atoms with E-state index in [0.29, 0.717) is 11.6 Å². The van der Waals surface area contributed by atoms with Gasteiger partial charge in [-0.2, -0.15) is 0 Å². The average molecular weight is 338 g/mol. The van der Waals surface area contributed by atoms with E-state index in [1.807, 2.05) is 6.20 Å². The Kier molecular flexibility index (Phi) is 4.43. The Hall–Kier alpha value is -0.450. The van der Waals surface area contributed by atoms with Crippen LogP contribution in [0.25, 0.3) is 0 Å². The van der Waals surface area contributed by atoms with Crippen LogP contribution in [0.3, 0.4) is 0 Å². The van der Waals surface area contributed by atoms with E-state index in [4.69, 9.17) is 0 Å². The molecule has 0 aromatic carbocycles. The van der Waals surface area contributed by atoms with Crippen molar-refractivity contribution in [3.63, 3.8) is 0 Å². The first-order chi connectivity index (χ1) is 9.67. The lowest BCUT2D eigenvalue weighted by Gasteiger charge is -2.49. The molecule has 1 spiro atoms. The van der Waals surface area contributed by atoms with E-state index in [-0.39, 0.29) is 0 Å². The van der Waals surface area contributed by atoms with Crippen LogP contribution < -0.4 is 5.32 Å². The number of hydrogen-bond donors (Lipinski definition) is 1. The van der Waals surface area contributed by atoms with Gasteiger partial charge in [-0.1, -0.05) is 19.3 Å². The van der Waals surface area contributed by atoms with Gasteiger partial charge in [0.2, 0.25) is 0 Å². The summed E-state index contributed by atoms with van der Waals surface area (Å²) in [4.78, 5) is 7.14. The molecule has 0 bridgehead atoms. The van der Waals surface area contributed by atoms with Crippen LogP contribution in [0.15, 0.2) is 22.8 Å². The molecule has 2 heterocycles. The minimum atomic E-state index is 0.375. The number of pyridine rings is 1. The van der Waals surface area contributed by atoms with E-state index in [0.717, 1.165) is 17.6 Å². The molecule has 1 unspecified atom stereocenters. The molecule has 110 valence electrons. The second kappa shape index (κ2) is 6.12. The quantitative estimate of drug-likeness (QED) is 0.896. The van der Waals surface area contributed by atoms with Crippen LogP contribution in [0.4, 0.5) is 0 Å². The maximum absolute atomic E-state index is 4.53. The minimum Gasteiger partial charge on any atom is -0.308 e. The summed E-state index contributed by atoms with van der Waals surface area (Å²) in [7, 11) is 0.